The molecule has 0 saturated heterocycles. The van der Waals surface area contributed by atoms with Crippen molar-refractivity contribution >= 4 is 33.4 Å². The average Bonchev–Trinajstić information content (AvgIpc) is 4.01. The van der Waals surface area contributed by atoms with Crippen LogP contribution in [-0.2, 0) is 5.41 Å². The fourth-order valence-corrected chi connectivity index (χ4v) is 9.36. The average molecular weight is 734 g/mol. The van der Waals surface area contributed by atoms with Gasteiger partial charge >= 0.3 is 0 Å². The van der Waals surface area contributed by atoms with Crippen molar-refractivity contribution < 1.29 is 0 Å². The van der Waals surface area contributed by atoms with Crippen LogP contribution in [-0.4, -0.2) is 9.61 Å². The van der Waals surface area contributed by atoms with Gasteiger partial charge in [0.05, 0.1) is 11.2 Å². The van der Waals surface area contributed by atoms with Gasteiger partial charge in [-0.25, -0.2) is 4.52 Å². The maximum atomic E-state index is 5.28. The Bertz CT molecular complexity index is 2980. The highest BCUT2D eigenvalue weighted by atomic mass is 15.2. The van der Waals surface area contributed by atoms with Crippen LogP contribution < -0.4 is 4.90 Å². The molecule has 11 rings (SSSR count). The summed E-state index contributed by atoms with van der Waals surface area (Å²) in [5.41, 5.74) is 19.5. The lowest BCUT2D eigenvalue weighted by Gasteiger charge is -2.28. The molecule has 274 valence electrons. The van der Waals surface area contributed by atoms with Gasteiger partial charge in [0.1, 0.15) is 0 Å². The molecule has 0 amide bonds. The van der Waals surface area contributed by atoms with Crippen molar-refractivity contribution in [2.24, 2.45) is 0 Å². The summed E-state index contributed by atoms with van der Waals surface area (Å²) in [6.45, 7) is 6.94. The fraction of sp³-hybridized carbons (Fsp3) is 0.130. The topological polar surface area (TPSA) is 20.5 Å². The highest BCUT2D eigenvalue weighted by molar-refractivity contribution is 5.99. The van der Waals surface area contributed by atoms with Crippen LogP contribution in [0, 0.1) is 6.92 Å². The first kappa shape index (κ1) is 33.6. The molecule has 0 atom stereocenters. The third kappa shape index (κ3) is 5.52. The van der Waals surface area contributed by atoms with Crippen molar-refractivity contribution in [1.82, 2.24) is 9.61 Å². The number of rotatable bonds is 7. The van der Waals surface area contributed by atoms with Gasteiger partial charge in [0.15, 0.2) is 0 Å². The highest BCUT2D eigenvalue weighted by Crippen LogP contribution is 2.51. The predicted molar refractivity (Wildman–Crippen MR) is 238 cm³/mol. The first-order chi connectivity index (χ1) is 27.9. The molecule has 2 aromatic heterocycles. The van der Waals surface area contributed by atoms with Crippen LogP contribution in [0.3, 0.4) is 0 Å². The van der Waals surface area contributed by atoms with Crippen molar-refractivity contribution in [3.8, 4) is 44.6 Å². The number of anilines is 3. The Hall–Kier alpha value is -6.71. The lowest BCUT2D eigenvalue weighted by Crippen LogP contribution is -2.16. The molecule has 1 saturated carbocycles. The molecule has 3 nitrogen and oxygen atoms in total. The van der Waals surface area contributed by atoms with Gasteiger partial charge < -0.3 is 4.90 Å². The third-order valence-electron chi connectivity index (χ3n) is 12.5. The molecule has 0 unspecified atom stereocenters. The summed E-state index contributed by atoms with van der Waals surface area (Å²) >= 11 is 0. The normalized spacial score (nSPS) is 14.2. The standard InChI is InChI=1S/C54H43N3/c1-35-52(55-57-51(39-22-23-39)33-42-14-7-8-17-46(42)53(35)57)40-24-20-38(21-25-40)41-15-11-16-44(32-41)56(43-28-26-37(27-29-43)36-12-5-4-6-13-36)45-30-31-48-47-18-9-10-19-49(47)54(2,3)50(48)34-45/h4-21,24-34,39H,22-23H2,1-3H3. The van der Waals surface area contributed by atoms with Crippen LogP contribution in [0.15, 0.2) is 176 Å². The Kier molecular flexibility index (Phi) is 7.62. The van der Waals surface area contributed by atoms with Gasteiger partial charge in [-0.3, -0.25) is 0 Å². The molecular weight excluding hydrogens is 691 g/mol. The van der Waals surface area contributed by atoms with Gasteiger partial charge in [-0.05, 0) is 112 Å². The number of pyridine rings is 1. The maximum absolute atomic E-state index is 5.28. The lowest BCUT2D eigenvalue weighted by atomic mass is 9.82. The van der Waals surface area contributed by atoms with E-state index >= 15 is 0 Å². The molecule has 3 heteroatoms. The van der Waals surface area contributed by atoms with Gasteiger partial charge in [-0.15, -0.1) is 0 Å². The quantitative estimate of drug-likeness (QED) is 0.163. The molecule has 0 spiro atoms. The first-order valence-electron chi connectivity index (χ1n) is 20.2. The molecular formula is C54H43N3. The van der Waals surface area contributed by atoms with E-state index in [4.69, 9.17) is 5.10 Å². The zero-order valence-electron chi connectivity index (χ0n) is 32.6. The van der Waals surface area contributed by atoms with E-state index in [2.05, 4.69) is 206 Å². The molecule has 1 fully saturated rings. The Morgan fingerprint density at radius 3 is 1.95 bits per heavy atom. The summed E-state index contributed by atoms with van der Waals surface area (Å²) in [4.78, 5) is 2.41. The number of fused-ring (bicyclic) bond motifs is 6. The fourth-order valence-electron chi connectivity index (χ4n) is 9.36. The van der Waals surface area contributed by atoms with Crippen LogP contribution in [0.25, 0.3) is 60.9 Å². The molecule has 2 aliphatic carbocycles. The Morgan fingerprint density at radius 2 is 1.14 bits per heavy atom. The van der Waals surface area contributed by atoms with Crippen molar-refractivity contribution in [3.63, 3.8) is 0 Å². The molecule has 2 heterocycles. The molecule has 2 aliphatic rings. The second-order valence-electron chi connectivity index (χ2n) is 16.4. The highest BCUT2D eigenvalue weighted by Gasteiger charge is 2.36. The van der Waals surface area contributed by atoms with E-state index in [0.717, 1.165) is 28.3 Å². The Labute approximate surface area is 334 Å². The zero-order chi connectivity index (χ0) is 38.3. The van der Waals surface area contributed by atoms with Crippen LogP contribution in [0.4, 0.5) is 17.1 Å². The van der Waals surface area contributed by atoms with E-state index in [1.165, 1.54) is 84.9 Å². The van der Waals surface area contributed by atoms with Crippen molar-refractivity contribution in [2.45, 2.75) is 44.9 Å². The van der Waals surface area contributed by atoms with Crippen molar-refractivity contribution in [3.05, 3.63) is 198 Å². The second-order valence-corrected chi connectivity index (χ2v) is 16.4. The third-order valence-corrected chi connectivity index (χ3v) is 12.5. The number of nitrogens with zero attached hydrogens (tertiary/aromatic N) is 3. The van der Waals surface area contributed by atoms with E-state index in [1.54, 1.807) is 0 Å². The number of aromatic nitrogens is 2. The van der Waals surface area contributed by atoms with E-state index in [0.29, 0.717) is 5.92 Å². The molecule has 0 bridgehead atoms. The summed E-state index contributed by atoms with van der Waals surface area (Å²) in [6, 6.07) is 64.6. The summed E-state index contributed by atoms with van der Waals surface area (Å²) in [7, 11) is 0. The summed E-state index contributed by atoms with van der Waals surface area (Å²) in [5, 5.41) is 7.85. The van der Waals surface area contributed by atoms with Crippen LogP contribution in [0.1, 0.15) is 55.0 Å². The molecule has 0 aliphatic heterocycles. The van der Waals surface area contributed by atoms with Crippen LogP contribution in [0.5, 0.6) is 0 Å². The number of benzene rings is 7. The smallest absolute Gasteiger partial charge is 0.0963 e. The van der Waals surface area contributed by atoms with E-state index in [-0.39, 0.29) is 5.41 Å². The van der Waals surface area contributed by atoms with Crippen LogP contribution in [0.2, 0.25) is 0 Å². The SMILES string of the molecule is Cc1c(-c2ccc(-c3cccc(N(c4ccc(-c5ccccc5)cc4)c4ccc5c(c4)C(C)(C)c4ccccc4-5)c3)cc2)nn2c(C3CC3)cc3ccccc3c12. The number of hydrogen-bond donors (Lipinski definition) is 0. The monoisotopic (exact) mass is 733 g/mol. The minimum Gasteiger partial charge on any atom is -0.310 e. The van der Waals surface area contributed by atoms with Crippen molar-refractivity contribution in [1.29, 1.82) is 0 Å². The summed E-state index contributed by atoms with van der Waals surface area (Å²) in [5.74, 6) is 0.597. The van der Waals surface area contributed by atoms with E-state index in [1.807, 2.05) is 0 Å². The largest absolute Gasteiger partial charge is 0.310 e. The van der Waals surface area contributed by atoms with Gasteiger partial charge in [0.2, 0.25) is 0 Å². The van der Waals surface area contributed by atoms with Gasteiger partial charge in [0.25, 0.3) is 0 Å². The number of aryl methyl sites for hydroxylation is 1. The van der Waals surface area contributed by atoms with E-state index < -0.39 is 0 Å². The molecule has 57 heavy (non-hydrogen) atoms. The maximum Gasteiger partial charge on any atom is 0.0963 e. The predicted octanol–water partition coefficient (Wildman–Crippen LogP) is 14.5. The molecule has 9 aromatic rings. The Balaban J connectivity index is 0.987. The van der Waals surface area contributed by atoms with Gasteiger partial charge in [-0.1, -0.05) is 147 Å². The lowest BCUT2D eigenvalue weighted by molar-refractivity contribution is 0.660. The van der Waals surface area contributed by atoms with Crippen molar-refractivity contribution in [2.75, 3.05) is 4.90 Å². The molecule has 0 radical (unpaired) electrons. The minimum absolute atomic E-state index is 0.0970. The minimum atomic E-state index is -0.0970. The van der Waals surface area contributed by atoms with Crippen LogP contribution >= 0.6 is 0 Å². The van der Waals surface area contributed by atoms with E-state index in [9.17, 15) is 0 Å². The second kappa shape index (κ2) is 12.9. The zero-order valence-corrected chi connectivity index (χ0v) is 32.6. The Morgan fingerprint density at radius 1 is 0.526 bits per heavy atom. The summed E-state index contributed by atoms with van der Waals surface area (Å²) < 4.78 is 2.24. The van der Waals surface area contributed by atoms with Gasteiger partial charge in [0, 0.05) is 50.6 Å². The molecule has 0 N–H and O–H groups in total. The molecule has 7 aromatic carbocycles. The summed E-state index contributed by atoms with van der Waals surface area (Å²) in [6.07, 6.45) is 2.48. The first-order valence-corrected chi connectivity index (χ1v) is 20.2. The number of hydrogen-bond acceptors (Lipinski definition) is 2. The van der Waals surface area contributed by atoms with Gasteiger partial charge in [-0.2, -0.15) is 5.10 Å².